The van der Waals surface area contributed by atoms with E-state index >= 15 is 0 Å². The number of carbonyl (C=O) groups is 2. The number of halogens is 2. The second-order valence-electron chi connectivity index (χ2n) is 4.22. The van der Waals surface area contributed by atoms with Gasteiger partial charge in [0.25, 0.3) is 0 Å². The van der Waals surface area contributed by atoms with Gasteiger partial charge in [0, 0.05) is 16.6 Å². The van der Waals surface area contributed by atoms with E-state index in [9.17, 15) is 14.0 Å². The van der Waals surface area contributed by atoms with Crippen LogP contribution in [0.5, 0.6) is 0 Å². The third-order valence-electron chi connectivity index (χ3n) is 2.77. The van der Waals surface area contributed by atoms with E-state index < -0.39 is 11.9 Å². The highest BCUT2D eigenvalue weighted by Crippen LogP contribution is 2.17. The van der Waals surface area contributed by atoms with Crippen molar-refractivity contribution in [2.45, 2.75) is 19.5 Å². The molecule has 2 amide bonds. The van der Waals surface area contributed by atoms with E-state index in [1.807, 2.05) is 0 Å². The number of nitrogens with one attached hydrogen (secondary N) is 1. The molecule has 1 N–H and O–H groups in total. The molecule has 0 radical (unpaired) electrons. The summed E-state index contributed by atoms with van der Waals surface area (Å²) in [5, 5.41) is 2.54. The molecule has 6 heteroatoms. The van der Waals surface area contributed by atoms with Gasteiger partial charge < -0.3 is 10.2 Å². The van der Waals surface area contributed by atoms with E-state index in [-0.39, 0.29) is 24.9 Å². The van der Waals surface area contributed by atoms with Crippen molar-refractivity contribution in [3.05, 3.63) is 34.1 Å². The lowest BCUT2D eigenvalue weighted by atomic mass is 10.1. The molecule has 0 aromatic heterocycles. The summed E-state index contributed by atoms with van der Waals surface area (Å²) in [5.41, 5.74) is 0.397. The number of benzene rings is 1. The molecule has 18 heavy (non-hydrogen) atoms. The van der Waals surface area contributed by atoms with Crippen molar-refractivity contribution in [2.75, 3.05) is 6.54 Å². The number of amides is 2. The molecule has 0 saturated carbocycles. The Morgan fingerprint density at radius 2 is 2.22 bits per heavy atom. The van der Waals surface area contributed by atoms with Gasteiger partial charge in [0.05, 0.1) is 6.54 Å². The molecule has 96 valence electrons. The molecule has 1 heterocycles. The molecule has 0 spiro atoms. The molecule has 0 aliphatic carbocycles. The van der Waals surface area contributed by atoms with E-state index in [0.29, 0.717) is 10.0 Å². The van der Waals surface area contributed by atoms with Gasteiger partial charge in [-0.25, -0.2) is 4.39 Å². The highest BCUT2D eigenvalue weighted by molar-refractivity contribution is 9.10. The Labute approximate surface area is 112 Å². The van der Waals surface area contributed by atoms with Crippen LogP contribution in [0.1, 0.15) is 12.5 Å². The summed E-state index contributed by atoms with van der Waals surface area (Å²) in [4.78, 5) is 24.5. The van der Waals surface area contributed by atoms with Gasteiger partial charge in [0.1, 0.15) is 11.9 Å². The van der Waals surface area contributed by atoms with Gasteiger partial charge in [-0.05, 0) is 19.1 Å². The quantitative estimate of drug-likeness (QED) is 0.898. The SMILES string of the molecule is CC1NC(=O)CN(Cc2ccc(Br)cc2F)C1=O. The summed E-state index contributed by atoms with van der Waals surface area (Å²) in [6, 6.07) is 4.10. The number of nitrogens with zero attached hydrogens (tertiary/aromatic N) is 1. The minimum absolute atomic E-state index is 0.0291. The summed E-state index contributed by atoms with van der Waals surface area (Å²) >= 11 is 3.17. The Bertz CT molecular complexity index is 507. The minimum atomic E-state index is -0.551. The Hall–Kier alpha value is -1.43. The Morgan fingerprint density at radius 3 is 2.89 bits per heavy atom. The standard InChI is InChI=1S/C12H12BrFN2O2/c1-7-12(18)16(6-11(17)15-7)5-8-2-3-9(13)4-10(8)14/h2-4,7H,5-6H2,1H3,(H,15,17). The maximum Gasteiger partial charge on any atom is 0.245 e. The highest BCUT2D eigenvalue weighted by Gasteiger charge is 2.29. The summed E-state index contributed by atoms with van der Waals surface area (Å²) in [5.74, 6) is -0.813. The molecule has 0 bridgehead atoms. The predicted molar refractivity (Wildman–Crippen MR) is 67.1 cm³/mol. The molecule has 1 saturated heterocycles. The first-order valence-electron chi connectivity index (χ1n) is 5.49. The van der Waals surface area contributed by atoms with E-state index in [0.717, 1.165) is 0 Å². The lowest BCUT2D eigenvalue weighted by Crippen LogP contribution is -2.56. The second-order valence-corrected chi connectivity index (χ2v) is 5.13. The summed E-state index contributed by atoms with van der Waals surface area (Å²) in [7, 11) is 0. The zero-order valence-corrected chi connectivity index (χ0v) is 11.3. The van der Waals surface area contributed by atoms with E-state index in [4.69, 9.17) is 0 Å². The van der Waals surface area contributed by atoms with Crippen molar-refractivity contribution < 1.29 is 14.0 Å². The van der Waals surface area contributed by atoms with Crippen LogP contribution in [0.4, 0.5) is 4.39 Å². The van der Waals surface area contributed by atoms with Crippen LogP contribution in [0.15, 0.2) is 22.7 Å². The first-order chi connectivity index (χ1) is 8.47. The van der Waals surface area contributed by atoms with Crippen LogP contribution in [0.3, 0.4) is 0 Å². The van der Waals surface area contributed by atoms with E-state index in [1.165, 1.54) is 11.0 Å². The third-order valence-corrected chi connectivity index (χ3v) is 3.26. The van der Waals surface area contributed by atoms with Gasteiger partial charge in [-0.15, -0.1) is 0 Å². The van der Waals surface area contributed by atoms with Crippen LogP contribution < -0.4 is 5.32 Å². The first kappa shape index (κ1) is 13.0. The molecule has 1 aliphatic heterocycles. The van der Waals surface area contributed by atoms with E-state index in [2.05, 4.69) is 21.2 Å². The van der Waals surface area contributed by atoms with Crippen LogP contribution in [-0.2, 0) is 16.1 Å². The summed E-state index contributed by atoms with van der Waals surface area (Å²) < 4.78 is 14.3. The average Bonchev–Trinajstić information content (AvgIpc) is 2.29. The minimum Gasteiger partial charge on any atom is -0.343 e. The molecule has 1 aromatic carbocycles. The molecule has 2 rings (SSSR count). The van der Waals surface area contributed by atoms with Crippen molar-refractivity contribution in [1.29, 1.82) is 0 Å². The maximum absolute atomic E-state index is 13.7. The normalized spacial score (nSPS) is 19.9. The molecule has 1 atom stereocenters. The monoisotopic (exact) mass is 314 g/mol. The number of piperazine rings is 1. The molecule has 1 fully saturated rings. The van der Waals surface area contributed by atoms with Crippen molar-refractivity contribution in [1.82, 2.24) is 10.2 Å². The molecule has 1 unspecified atom stereocenters. The van der Waals surface area contributed by atoms with Crippen LogP contribution in [0, 0.1) is 5.82 Å². The molecule has 1 aromatic rings. The maximum atomic E-state index is 13.7. The van der Waals surface area contributed by atoms with Gasteiger partial charge in [-0.2, -0.15) is 0 Å². The topological polar surface area (TPSA) is 49.4 Å². The molecule has 1 aliphatic rings. The molecular formula is C12H12BrFN2O2. The number of rotatable bonds is 2. The highest BCUT2D eigenvalue weighted by atomic mass is 79.9. The molecule has 4 nitrogen and oxygen atoms in total. The number of hydrogen-bond acceptors (Lipinski definition) is 2. The van der Waals surface area contributed by atoms with Crippen molar-refractivity contribution in [3.63, 3.8) is 0 Å². The number of carbonyl (C=O) groups excluding carboxylic acids is 2. The van der Waals surface area contributed by atoms with Crippen LogP contribution >= 0.6 is 15.9 Å². The Morgan fingerprint density at radius 1 is 1.50 bits per heavy atom. The fraction of sp³-hybridized carbons (Fsp3) is 0.333. The summed E-state index contributed by atoms with van der Waals surface area (Å²) in [6.07, 6.45) is 0. The third kappa shape index (κ3) is 2.69. The zero-order chi connectivity index (χ0) is 13.3. The fourth-order valence-electron chi connectivity index (χ4n) is 1.86. The zero-order valence-electron chi connectivity index (χ0n) is 9.74. The first-order valence-corrected chi connectivity index (χ1v) is 6.29. The Kier molecular flexibility index (Phi) is 3.65. The lowest BCUT2D eigenvalue weighted by molar-refractivity contribution is -0.144. The van der Waals surface area contributed by atoms with Crippen LogP contribution in [0.2, 0.25) is 0 Å². The summed E-state index contributed by atoms with van der Waals surface area (Å²) in [6.45, 7) is 1.69. The smallest absolute Gasteiger partial charge is 0.245 e. The van der Waals surface area contributed by atoms with Gasteiger partial charge in [0.2, 0.25) is 11.8 Å². The predicted octanol–water partition coefficient (Wildman–Crippen LogP) is 1.44. The average molecular weight is 315 g/mol. The van der Waals surface area contributed by atoms with Gasteiger partial charge in [-0.3, -0.25) is 9.59 Å². The van der Waals surface area contributed by atoms with Crippen LogP contribution in [-0.4, -0.2) is 29.3 Å². The molecular weight excluding hydrogens is 303 g/mol. The lowest BCUT2D eigenvalue weighted by Gasteiger charge is -2.30. The van der Waals surface area contributed by atoms with Gasteiger partial charge >= 0.3 is 0 Å². The fourth-order valence-corrected chi connectivity index (χ4v) is 2.20. The van der Waals surface area contributed by atoms with Gasteiger partial charge in [0.15, 0.2) is 0 Å². The largest absolute Gasteiger partial charge is 0.343 e. The van der Waals surface area contributed by atoms with Crippen molar-refractivity contribution >= 4 is 27.7 Å². The van der Waals surface area contributed by atoms with E-state index in [1.54, 1.807) is 19.1 Å². The second kappa shape index (κ2) is 5.06. The van der Waals surface area contributed by atoms with Crippen molar-refractivity contribution in [2.24, 2.45) is 0 Å². The Balaban J connectivity index is 2.17. The number of hydrogen-bond donors (Lipinski definition) is 1. The van der Waals surface area contributed by atoms with Gasteiger partial charge in [-0.1, -0.05) is 22.0 Å². The van der Waals surface area contributed by atoms with Crippen molar-refractivity contribution in [3.8, 4) is 0 Å². The van der Waals surface area contributed by atoms with Crippen LogP contribution in [0.25, 0.3) is 0 Å².